The van der Waals surface area contributed by atoms with Gasteiger partial charge in [-0.05, 0) is 48.7 Å². The summed E-state index contributed by atoms with van der Waals surface area (Å²) >= 11 is 0. The number of benzene rings is 1. The van der Waals surface area contributed by atoms with Crippen molar-refractivity contribution in [3.05, 3.63) is 77.9 Å². The van der Waals surface area contributed by atoms with Gasteiger partial charge in [-0.3, -0.25) is 9.59 Å². The van der Waals surface area contributed by atoms with Gasteiger partial charge in [-0.2, -0.15) is 5.10 Å². The fraction of sp³-hybridized carbons (Fsp3) is 0.250. The van der Waals surface area contributed by atoms with Crippen molar-refractivity contribution in [1.29, 1.82) is 0 Å². The van der Waals surface area contributed by atoms with Crippen LogP contribution < -0.4 is 0 Å². The van der Waals surface area contributed by atoms with Crippen molar-refractivity contribution in [2.45, 2.75) is 13.3 Å². The molecule has 7 nitrogen and oxygen atoms in total. The molecule has 3 heterocycles. The van der Waals surface area contributed by atoms with Crippen molar-refractivity contribution >= 4 is 11.8 Å². The molecule has 0 radical (unpaired) electrons. The van der Waals surface area contributed by atoms with Crippen LogP contribution >= 0.6 is 0 Å². The van der Waals surface area contributed by atoms with Crippen LogP contribution in [0.3, 0.4) is 0 Å². The number of carbonyl (C=O) groups excluding carboxylic acids is 2. The van der Waals surface area contributed by atoms with Gasteiger partial charge in [0, 0.05) is 57.3 Å². The molecule has 1 saturated heterocycles. The zero-order valence-corrected chi connectivity index (χ0v) is 17.4. The molecule has 1 aliphatic heterocycles. The average Bonchev–Trinajstić information content (AvgIpc) is 3.21. The van der Waals surface area contributed by atoms with E-state index in [1.165, 1.54) is 0 Å². The number of aromatic nitrogens is 3. The molecule has 0 atom stereocenters. The van der Waals surface area contributed by atoms with Crippen LogP contribution in [0.15, 0.2) is 61.1 Å². The molecule has 156 valence electrons. The quantitative estimate of drug-likeness (QED) is 0.605. The Balaban J connectivity index is 1.64. The van der Waals surface area contributed by atoms with E-state index in [-0.39, 0.29) is 11.8 Å². The molecule has 0 bridgehead atoms. The summed E-state index contributed by atoms with van der Waals surface area (Å²) in [4.78, 5) is 32.7. The number of carbonyl (C=O) groups is 2. The lowest BCUT2D eigenvalue weighted by Gasteiger charge is -2.21. The first-order valence-corrected chi connectivity index (χ1v) is 10.2. The van der Waals surface area contributed by atoms with Crippen LogP contribution in [0.5, 0.6) is 0 Å². The van der Waals surface area contributed by atoms with Crippen molar-refractivity contribution in [2.24, 2.45) is 0 Å². The standard InChI is InChI=1S/C24H23N5O2/c1-19(30)27-13-5-14-28(17-16-27)24(31)21-8-10-23(29-15-4-12-26-29)20(18-21)7-9-22-6-2-3-11-25-22/h2-4,6,8,10-12,15,18H,5,13-14,16-17H2,1H3. The minimum Gasteiger partial charge on any atom is -0.341 e. The van der Waals surface area contributed by atoms with Crippen LogP contribution in [-0.4, -0.2) is 62.6 Å². The van der Waals surface area contributed by atoms with Gasteiger partial charge in [-0.1, -0.05) is 12.0 Å². The van der Waals surface area contributed by atoms with Gasteiger partial charge in [-0.25, -0.2) is 9.67 Å². The predicted octanol–water partition coefficient (Wildman–Crippen LogP) is 2.36. The summed E-state index contributed by atoms with van der Waals surface area (Å²) in [6, 6.07) is 12.9. The third kappa shape index (κ3) is 4.81. The van der Waals surface area contributed by atoms with Gasteiger partial charge < -0.3 is 9.80 Å². The van der Waals surface area contributed by atoms with E-state index in [2.05, 4.69) is 21.9 Å². The topological polar surface area (TPSA) is 71.3 Å². The normalized spacial score (nSPS) is 13.8. The third-order valence-electron chi connectivity index (χ3n) is 5.21. The highest BCUT2D eigenvalue weighted by molar-refractivity contribution is 5.95. The number of pyridine rings is 1. The SMILES string of the molecule is CC(=O)N1CCCN(C(=O)c2ccc(-n3cccn3)c(C#Cc3ccccn3)c2)CC1. The van der Waals surface area contributed by atoms with Crippen molar-refractivity contribution in [3.8, 4) is 17.5 Å². The maximum atomic E-state index is 13.2. The van der Waals surface area contributed by atoms with Crippen LogP contribution in [0.25, 0.3) is 5.69 Å². The van der Waals surface area contributed by atoms with E-state index in [0.717, 1.165) is 12.1 Å². The van der Waals surface area contributed by atoms with Crippen LogP contribution in [0.4, 0.5) is 0 Å². The van der Waals surface area contributed by atoms with Crippen LogP contribution in [0.2, 0.25) is 0 Å². The van der Waals surface area contributed by atoms with E-state index in [9.17, 15) is 9.59 Å². The Hall–Kier alpha value is -3.92. The van der Waals surface area contributed by atoms with E-state index in [1.54, 1.807) is 35.0 Å². The first-order chi connectivity index (χ1) is 15.1. The molecule has 7 heteroatoms. The number of amides is 2. The van der Waals surface area contributed by atoms with E-state index in [0.29, 0.717) is 43.0 Å². The van der Waals surface area contributed by atoms with Crippen LogP contribution in [0, 0.1) is 11.8 Å². The second-order valence-electron chi connectivity index (χ2n) is 7.30. The van der Waals surface area contributed by atoms with Gasteiger partial charge in [0.25, 0.3) is 5.91 Å². The van der Waals surface area contributed by atoms with E-state index >= 15 is 0 Å². The van der Waals surface area contributed by atoms with Gasteiger partial charge in [0.1, 0.15) is 5.69 Å². The Morgan fingerprint density at radius 1 is 0.935 bits per heavy atom. The van der Waals surface area contributed by atoms with Gasteiger partial charge in [0.2, 0.25) is 5.91 Å². The van der Waals surface area contributed by atoms with E-state index in [4.69, 9.17) is 0 Å². The second kappa shape index (κ2) is 9.26. The molecule has 31 heavy (non-hydrogen) atoms. The largest absolute Gasteiger partial charge is 0.341 e. The Labute approximate surface area is 181 Å². The fourth-order valence-electron chi connectivity index (χ4n) is 3.57. The number of hydrogen-bond donors (Lipinski definition) is 0. The highest BCUT2D eigenvalue weighted by atomic mass is 16.2. The fourth-order valence-corrected chi connectivity index (χ4v) is 3.57. The lowest BCUT2D eigenvalue weighted by atomic mass is 10.1. The van der Waals surface area contributed by atoms with Gasteiger partial charge >= 0.3 is 0 Å². The maximum Gasteiger partial charge on any atom is 0.253 e. The smallest absolute Gasteiger partial charge is 0.253 e. The highest BCUT2D eigenvalue weighted by Crippen LogP contribution is 2.18. The zero-order chi connectivity index (χ0) is 21.6. The van der Waals surface area contributed by atoms with E-state index in [1.807, 2.05) is 47.5 Å². The average molecular weight is 413 g/mol. The lowest BCUT2D eigenvalue weighted by molar-refractivity contribution is -0.128. The van der Waals surface area contributed by atoms with Crippen molar-refractivity contribution < 1.29 is 9.59 Å². The van der Waals surface area contributed by atoms with Gasteiger partial charge in [0.05, 0.1) is 11.3 Å². The Morgan fingerprint density at radius 2 is 1.77 bits per heavy atom. The lowest BCUT2D eigenvalue weighted by Crippen LogP contribution is -2.36. The number of hydrogen-bond acceptors (Lipinski definition) is 4. The molecule has 1 aromatic carbocycles. The summed E-state index contributed by atoms with van der Waals surface area (Å²) in [5.41, 5.74) is 2.71. The molecule has 4 rings (SSSR count). The predicted molar refractivity (Wildman–Crippen MR) is 117 cm³/mol. The molecule has 2 aromatic heterocycles. The Kier molecular flexibility index (Phi) is 6.08. The second-order valence-corrected chi connectivity index (χ2v) is 7.30. The number of nitrogens with zero attached hydrogens (tertiary/aromatic N) is 5. The molecule has 2 amide bonds. The third-order valence-corrected chi connectivity index (χ3v) is 5.21. The highest BCUT2D eigenvalue weighted by Gasteiger charge is 2.22. The van der Waals surface area contributed by atoms with Crippen molar-refractivity contribution in [1.82, 2.24) is 24.6 Å². The van der Waals surface area contributed by atoms with Crippen molar-refractivity contribution in [3.63, 3.8) is 0 Å². The Morgan fingerprint density at radius 3 is 2.52 bits per heavy atom. The molecule has 1 aliphatic rings. The summed E-state index contributed by atoms with van der Waals surface area (Å²) in [6.07, 6.45) is 6.01. The van der Waals surface area contributed by atoms with Crippen LogP contribution in [-0.2, 0) is 4.79 Å². The summed E-state index contributed by atoms with van der Waals surface area (Å²) in [5.74, 6) is 6.21. The van der Waals surface area contributed by atoms with Crippen LogP contribution in [0.1, 0.15) is 35.0 Å². The first kappa shape index (κ1) is 20.4. The number of rotatable bonds is 2. The van der Waals surface area contributed by atoms with Gasteiger partial charge in [0.15, 0.2) is 0 Å². The maximum absolute atomic E-state index is 13.2. The summed E-state index contributed by atoms with van der Waals surface area (Å²) in [6.45, 7) is 3.95. The summed E-state index contributed by atoms with van der Waals surface area (Å²) in [7, 11) is 0. The minimum atomic E-state index is -0.0571. The Bertz CT molecular complexity index is 1130. The zero-order valence-electron chi connectivity index (χ0n) is 17.4. The molecular weight excluding hydrogens is 390 g/mol. The molecule has 1 fully saturated rings. The van der Waals surface area contributed by atoms with E-state index < -0.39 is 0 Å². The van der Waals surface area contributed by atoms with Gasteiger partial charge in [-0.15, -0.1) is 0 Å². The molecule has 0 saturated carbocycles. The molecule has 0 aliphatic carbocycles. The molecule has 3 aromatic rings. The monoisotopic (exact) mass is 413 g/mol. The summed E-state index contributed by atoms with van der Waals surface area (Å²) < 4.78 is 1.73. The minimum absolute atomic E-state index is 0.0463. The van der Waals surface area contributed by atoms with Crippen molar-refractivity contribution in [2.75, 3.05) is 26.2 Å². The first-order valence-electron chi connectivity index (χ1n) is 10.2. The summed E-state index contributed by atoms with van der Waals surface area (Å²) in [5, 5.41) is 4.30. The molecular formula is C24H23N5O2. The molecule has 0 spiro atoms. The molecule has 0 unspecified atom stereocenters. The molecule has 0 N–H and O–H groups in total.